The maximum Gasteiger partial charge on any atom is 0.289 e. The summed E-state index contributed by atoms with van der Waals surface area (Å²) in [5.74, 6) is -0.209. The molecule has 0 fully saturated rings. The van der Waals surface area contributed by atoms with Crippen molar-refractivity contribution in [2.75, 3.05) is 13.7 Å². The van der Waals surface area contributed by atoms with Crippen molar-refractivity contribution in [1.29, 1.82) is 0 Å². The molecule has 0 aromatic heterocycles. The molecule has 0 atom stereocenters. The standard InChI is InChI=1S/C16H16Br2N2O6S/c1-26-16(9-11(17)15(21)12(18)10-16)7-4-8-19-27(24,25)14-6-3-2-5-13(14)20(22)23/h2-3,5-6,9-10,19H,4,7-8H2,1H3. The highest BCUT2D eigenvalue weighted by atomic mass is 79.9. The molecule has 8 nitrogen and oxygen atoms in total. The Balaban J connectivity index is 2.06. The third kappa shape index (κ3) is 5.11. The van der Waals surface area contributed by atoms with E-state index in [2.05, 4.69) is 36.6 Å². The zero-order valence-electron chi connectivity index (χ0n) is 14.1. The maximum atomic E-state index is 12.4. The highest BCUT2D eigenvalue weighted by Crippen LogP contribution is 2.34. The van der Waals surface area contributed by atoms with Crippen LogP contribution < -0.4 is 4.72 Å². The first kappa shape index (κ1) is 21.9. The van der Waals surface area contributed by atoms with Gasteiger partial charge in [0.25, 0.3) is 5.69 Å². The zero-order chi connectivity index (χ0) is 20.2. The predicted octanol–water partition coefficient (Wildman–Crippen LogP) is 3.18. The number of ether oxygens (including phenoxy) is 1. The number of hydrogen-bond acceptors (Lipinski definition) is 6. The third-order valence-electron chi connectivity index (χ3n) is 3.94. The molecule has 0 saturated carbocycles. The Morgan fingerprint density at radius 1 is 1.22 bits per heavy atom. The number of nitro benzene ring substituents is 1. The van der Waals surface area contributed by atoms with Gasteiger partial charge in [-0.2, -0.15) is 0 Å². The van der Waals surface area contributed by atoms with Crippen molar-refractivity contribution < 1.29 is 22.9 Å². The number of nitrogens with zero attached hydrogens (tertiary/aromatic N) is 1. The Kier molecular flexibility index (Phi) is 7.09. The van der Waals surface area contributed by atoms with Crippen LogP contribution in [0, 0.1) is 10.1 Å². The Bertz CT molecular complexity index is 905. The van der Waals surface area contributed by atoms with Crippen LogP contribution in [0.2, 0.25) is 0 Å². The molecule has 1 N–H and O–H groups in total. The molecular weight excluding hydrogens is 508 g/mol. The smallest absolute Gasteiger partial charge is 0.289 e. The first-order chi connectivity index (χ1) is 12.6. The molecule has 0 heterocycles. The summed E-state index contributed by atoms with van der Waals surface area (Å²) < 4.78 is 33.3. The summed E-state index contributed by atoms with van der Waals surface area (Å²) in [6.07, 6.45) is 4.00. The lowest BCUT2D eigenvalue weighted by atomic mass is 9.92. The van der Waals surface area contributed by atoms with E-state index in [0.29, 0.717) is 21.8 Å². The van der Waals surface area contributed by atoms with Gasteiger partial charge in [-0.15, -0.1) is 0 Å². The number of para-hydroxylation sites is 1. The van der Waals surface area contributed by atoms with E-state index >= 15 is 0 Å². The van der Waals surface area contributed by atoms with Gasteiger partial charge in [0, 0.05) is 19.7 Å². The minimum absolute atomic E-state index is 0.0460. The highest BCUT2D eigenvalue weighted by molar-refractivity contribution is 9.13. The minimum Gasteiger partial charge on any atom is -0.370 e. The zero-order valence-corrected chi connectivity index (χ0v) is 18.1. The van der Waals surface area contributed by atoms with Crippen molar-refractivity contribution in [2.24, 2.45) is 0 Å². The molecule has 1 aliphatic rings. The predicted molar refractivity (Wildman–Crippen MR) is 106 cm³/mol. The van der Waals surface area contributed by atoms with E-state index in [4.69, 9.17) is 4.74 Å². The number of carbonyl (C=O) groups excluding carboxylic acids is 1. The summed E-state index contributed by atoms with van der Waals surface area (Å²) in [6.45, 7) is 0.0460. The summed E-state index contributed by atoms with van der Waals surface area (Å²) >= 11 is 6.38. The van der Waals surface area contributed by atoms with Gasteiger partial charge in [0.1, 0.15) is 5.60 Å². The van der Waals surface area contributed by atoms with Gasteiger partial charge in [0.15, 0.2) is 4.90 Å². The van der Waals surface area contributed by atoms with Crippen molar-refractivity contribution >= 4 is 53.4 Å². The van der Waals surface area contributed by atoms with Crippen LogP contribution in [0.1, 0.15) is 12.8 Å². The van der Waals surface area contributed by atoms with Gasteiger partial charge in [-0.05, 0) is 62.9 Å². The molecule has 1 aromatic rings. The molecule has 0 saturated heterocycles. The number of benzene rings is 1. The Morgan fingerprint density at radius 3 is 2.37 bits per heavy atom. The molecule has 27 heavy (non-hydrogen) atoms. The van der Waals surface area contributed by atoms with Crippen molar-refractivity contribution in [1.82, 2.24) is 4.72 Å². The number of methoxy groups -OCH3 is 1. The van der Waals surface area contributed by atoms with Crippen molar-refractivity contribution in [3.63, 3.8) is 0 Å². The van der Waals surface area contributed by atoms with Gasteiger partial charge in [-0.1, -0.05) is 12.1 Å². The molecule has 0 aliphatic heterocycles. The molecule has 0 spiro atoms. The van der Waals surface area contributed by atoms with Crippen LogP contribution in [0.15, 0.2) is 50.3 Å². The van der Waals surface area contributed by atoms with E-state index in [9.17, 15) is 23.3 Å². The summed E-state index contributed by atoms with van der Waals surface area (Å²) in [7, 11) is -2.54. The lowest BCUT2D eigenvalue weighted by Crippen LogP contribution is -2.33. The van der Waals surface area contributed by atoms with E-state index in [1.165, 1.54) is 25.3 Å². The molecule has 0 bridgehead atoms. The van der Waals surface area contributed by atoms with Crippen molar-refractivity contribution in [3.05, 3.63) is 55.5 Å². The fourth-order valence-corrected chi connectivity index (χ4v) is 5.28. The molecule has 0 radical (unpaired) electrons. The first-order valence-electron chi connectivity index (χ1n) is 7.71. The summed E-state index contributed by atoms with van der Waals surface area (Å²) in [5.41, 5.74) is -1.35. The topological polar surface area (TPSA) is 116 Å². The molecule has 1 aromatic carbocycles. The van der Waals surface area contributed by atoms with E-state index < -0.39 is 26.2 Å². The third-order valence-corrected chi connectivity index (χ3v) is 6.63. The van der Waals surface area contributed by atoms with Crippen LogP contribution in [0.4, 0.5) is 5.69 Å². The van der Waals surface area contributed by atoms with Gasteiger partial charge in [0.05, 0.1) is 13.9 Å². The molecule has 0 amide bonds. The summed E-state index contributed by atoms with van der Waals surface area (Å²) in [6, 6.07) is 5.14. The lowest BCUT2D eigenvalue weighted by molar-refractivity contribution is -0.387. The van der Waals surface area contributed by atoms with Crippen LogP contribution in [0.3, 0.4) is 0 Å². The van der Waals surface area contributed by atoms with Gasteiger partial charge < -0.3 is 4.74 Å². The number of Topliss-reactive ketones (excluding diaryl/α,β-unsaturated/α-hetero) is 1. The fraction of sp³-hybridized carbons (Fsp3) is 0.312. The lowest BCUT2D eigenvalue weighted by Gasteiger charge is -2.29. The van der Waals surface area contributed by atoms with Gasteiger partial charge in [-0.3, -0.25) is 14.9 Å². The van der Waals surface area contributed by atoms with Crippen molar-refractivity contribution in [2.45, 2.75) is 23.3 Å². The largest absolute Gasteiger partial charge is 0.370 e. The Labute approximate surface area is 173 Å². The average molecular weight is 524 g/mol. The number of carbonyl (C=O) groups is 1. The SMILES string of the molecule is COC1(CCCNS(=O)(=O)c2ccccc2[N+](=O)[O-])C=C(Br)C(=O)C(Br)=C1. The van der Waals surface area contributed by atoms with Gasteiger partial charge in [0.2, 0.25) is 15.8 Å². The number of allylic oxidation sites excluding steroid dienone is 2. The minimum atomic E-state index is -4.03. The summed E-state index contributed by atoms with van der Waals surface area (Å²) in [5, 5.41) is 11.0. The quantitative estimate of drug-likeness (QED) is 0.318. The number of ketones is 1. The first-order valence-corrected chi connectivity index (χ1v) is 10.8. The highest BCUT2D eigenvalue weighted by Gasteiger charge is 2.32. The molecule has 146 valence electrons. The number of sulfonamides is 1. The van der Waals surface area contributed by atoms with Crippen molar-refractivity contribution in [3.8, 4) is 0 Å². The number of halogens is 2. The fourth-order valence-electron chi connectivity index (χ4n) is 2.56. The van der Waals surface area contributed by atoms with Crippen LogP contribution in [0.25, 0.3) is 0 Å². The number of nitrogens with one attached hydrogen (secondary N) is 1. The van der Waals surface area contributed by atoms with E-state index in [0.717, 1.165) is 6.07 Å². The summed E-state index contributed by atoms with van der Waals surface area (Å²) in [4.78, 5) is 21.7. The van der Waals surface area contributed by atoms with E-state index in [1.807, 2.05) is 0 Å². The van der Waals surface area contributed by atoms with Crippen LogP contribution in [0.5, 0.6) is 0 Å². The number of rotatable bonds is 8. The molecule has 1 aliphatic carbocycles. The Hall–Kier alpha value is -1.40. The van der Waals surface area contributed by atoms with E-state index in [-0.39, 0.29) is 17.2 Å². The molecule has 2 rings (SSSR count). The molecular formula is C16H16Br2N2O6S. The van der Waals surface area contributed by atoms with Gasteiger partial charge >= 0.3 is 0 Å². The monoisotopic (exact) mass is 522 g/mol. The van der Waals surface area contributed by atoms with Crippen LogP contribution in [-0.4, -0.2) is 38.4 Å². The average Bonchev–Trinajstić information content (AvgIpc) is 2.63. The number of hydrogen-bond donors (Lipinski definition) is 1. The molecule has 11 heteroatoms. The Morgan fingerprint density at radius 2 is 1.81 bits per heavy atom. The second-order valence-corrected chi connectivity index (χ2v) is 9.14. The van der Waals surface area contributed by atoms with E-state index in [1.54, 1.807) is 12.2 Å². The van der Waals surface area contributed by atoms with Crippen LogP contribution in [-0.2, 0) is 19.6 Å². The normalized spacial score (nSPS) is 16.6. The second-order valence-electron chi connectivity index (χ2n) is 5.70. The van der Waals surface area contributed by atoms with Gasteiger partial charge in [-0.25, -0.2) is 13.1 Å². The van der Waals surface area contributed by atoms with Crippen LogP contribution >= 0.6 is 31.9 Å². The number of nitro groups is 1. The maximum absolute atomic E-state index is 12.4. The molecule has 0 unspecified atom stereocenters. The second kappa shape index (κ2) is 8.74.